The van der Waals surface area contributed by atoms with E-state index in [0.29, 0.717) is 18.5 Å². The molecule has 2 nitrogen and oxygen atoms in total. The van der Waals surface area contributed by atoms with Crippen LogP contribution >= 0.6 is 0 Å². The average molecular weight is 213 g/mol. The van der Waals surface area contributed by atoms with Gasteiger partial charge in [-0.2, -0.15) is 4.39 Å². The first-order valence-electron chi connectivity index (χ1n) is 4.58. The van der Waals surface area contributed by atoms with Crippen LogP contribution < -0.4 is 10.5 Å². The van der Waals surface area contributed by atoms with Gasteiger partial charge in [-0.15, -0.1) is 0 Å². The molecule has 0 heterocycles. The first-order chi connectivity index (χ1) is 7.19. The molecule has 15 heavy (non-hydrogen) atoms. The van der Waals surface area contributed by atoms with Crippen LogP contribution in [0, 0.1) is 11.6 Å². The molecule has 0 aliphatic carbocycles. The van der Waals surface area contributed by atoms with E-state index in [9.17, 15) is 8.78 Å². The molecule has 0 aliphatic rings. The quantitative estimate of drug-likeness (QED) is 0.833. The van der Waals surface area contributed by atoms with Gasteiger partial charge in [-0.25, -0.2) is 4.39 Å². The molecule has 0 radical (unpaired) electrons. The Morgan fingerprint density at radius 2 is 2.13 bits per heavy atom. The number of rotatable bonds is 4. The lowest BCUT2D eigenvalue weighted by Gasteiger charge is -2.03. The zero-order valence-corrected chi connectivity index (χ0v) is 8.47. The number of nitrogens with two attached hydrogens (primary N) is 1. The summed E-state index contributed by atoms with van der Waals surface area (Å²) in [5.41, 5.74) is 5.85. The van der Waals surface area contributed by atoms with Crippen LogP contribution in [0.1, 0.15) is 12.0 Å². The number of benzene rings is 1. The van der Waals surface area contributed by atoms with Crippen molar-refractivity contribution in [3.63, 3.8) is 0 Å². The van der Waals surface area contributed by atoms with E-state index >= 15 is 0 Å². The number of ether oxygens (including phenoxy) is 1. The smallest absolute Gasteiger partial charge is 0.200 e. The first-order valence-corrected chi connectivity index (χ1v) is 4.58. The molecule has 0 bridgehead atoms. The molecular formula is C11H13F2NO. The summed E-state index contributed by atoms with van der Waals surface area (Å²) in [7, 11) is 1.30. The maximum Gasteiger partial charge on any atom is 0.200 e. The molecule has 0 aromatic heterocycles. The minimum atomic E-state index is -0.964. The van der Waals surface area contributed by atoms with Crippen LogP contribution in [0.5, 0.6) is 5.75 Å². The van der Waals surface area contributed by atoms with E-state index in [0.717, 1.165) is 6.07 Å². The highest BCUT2D eigenvalue weighted by molar-refractivity contribution is 5.52. The van der Waals surface area contributed by atoms with Gasteiger partial charge in [0.2, 0.25) is 5.82 Å². The van der Waals surface area contributed by atoms with Crippen LogP contribution in [-0.2, 0) is 0 Å². The van der Waals surface area contributed by atoms with Crippen molar-refractivity contribution in [2.75, 3.05) is 13.7 Å². The second-order valence-corrected chi connectivity index (χ2v) is 3.00. The first kappa shape index (κ1) is 11.7. The zero-order chi connectivity index (χ0) is 11.3. The van der Waals surface area contributed by atoms with E-state index in [-0.39, 0.29) is 5.75 Å². The summed E-state index contributed by atoms with van der Waals surface area (Å²) in [5, 5.41) is 0. The van der Waals surface area contributed by atoms with E-state index < -0.39 is 11.6 Å². The predicted molar refractivity (Wildman–Crippen MR) is 55.6 cm³/mol. The Morgan fingerprint density at radius 3 is 2.73 bits per heavy atom. The number of hydrogen-bond donors (Lipinski definition) is 1. The molecule has 0 unspecified atom stereocenters. The second-order valence-electron chi connectivity index (χ2n) is 3.00. The lowest BCUT2D eigenvalue weighted by Crippen LogP contribution is -1.95. The molecule has 1 rings (SSSR count). The van der Waals surface area contributed by atoms with Crippen molar-refractivity contribution >= 4 is 6.08 Å². The van der Waals surface area contributed by atoms with Gasteiger partial charge in [0.15, 0.2) is 11.6 Å². The van der Waals surface area contributed by atoms with Gasteiger partial charge in [0.1, 0.15) is 0 Å². The van der Waals surface area contributed by atoms with E-state index in [1.807, 2.05) is 0 Å². The fourth-order valence-electron chi connectivity index (χ4n) is 1.14. The van der Waals surface area contributed by atoms with Crippen molar-refractivity contribution in [2.45, 2.75) is 6.42 Å². The van der Waals surface area contributed by atoms with Crippen molar-refractivity contribution in [1.29, 1.82) is 0 Å². The fourth-order valence-corrected chi connectivity index (χ4v) is 1.14. The highest BCUT2D eigenvalue weighted by Crippen LogP contribution is 2.22. The molecule has 0 saturated carbocycles. The van der Waals surface area contributed by atoms with Crippen LogP contribution in [0.15, 0.2) is 18.2 Å². The van der Waals surface area contributed by atoms with E-state index in [1.54, 1.807) is 12.2 Å². The Morgan fingerprint density at radius 1 is 1.40 bits per heavy atom. The Bertz CT molecular complexity index is 364. The Hall–Kier alpha value is -1.42. The average Bonchev–Trinajstić information content (AvgIpc) is 2.23. The van der Waals surface area contributed by atoms with Crippen LogP contribution in [-0.4, -0.2) is 13.7 Å². The van der Waals surface area contributed by atoms with Gasteiger partial charge in [-0.3, -0.25) is 0 Å². The third-order valence-electron chi connectivity index (χ3n) is 1.88. The third kappa shape index (κ3) is 3.02. The Balaban J connectivity index is 2.95. The minimum absolute atomic E-state index is 0.0950. The number of hydrogen-bond acceptors (Lipinski definition) is 2. The molecule has 0 aliphatic heterocycles. The molecule has 0 saturated heterocycles. The molecule has 4 heteroatoms. The molecule has 0 amide bonds. The number of methoxy groups -OCH3 is 1. The summed E-state index contributed by atoms with van der Waals surface area (Å²) in [5.74, 6) is -1.97. The third-order valence-corrected chi connectivity index (χ3v) is 1.88. The Labute approximate surface area is 87.4 Å². The Kier molecular flexibility index (Phi) is 4.24. The molecule has 1 aromatic carbocycles. The van der Waals surface area contributed by atoms with Gasteiger partial charge in [-0.1, -0.05) is 12.2 Å². The van der Waals surface area contributed by atoms with Gasteiger partial charge >= 0.3 is 0 Å². The molecule has 82 valence electrons. The highest BCUT2D eigenvalue weighted by atomic mass is 19.2. The predicted octanol–water partition coefficient (Wildman–Crippen LogP) is 2.34. The molecule has 1 aromatic rings. The summed E-state index contributed by atoms with van der Waals surface area (Å²) >= 11 is 0. The molecular weight excluding hydrogens is 200 g/mol. The van der Waals surface area contributed by atoms with E-state index in [1.165, 1.54) is 13.2 Å². The topological polar surface area (TPSA) is 35.2 Å². The van der Waals surface area contributed by atoms with Gasteiger partial charge in [0.05, 0.1) is 7.11 Å². The molecule has 0 spiro atoms. The number of halogens is 2. The lowest BCUT2D eigenvalue weighted by molar-refractivity contribution is 0.371. The summed E-state index contributed by atoms with van der Waals surface area (Å²) in [6.07, 6.45) is 4.17. The van der Waals surface area contributed by atoms with E-state index in [4.69, 9.17) is 10.5 Å². The summed E-state index contributed by atoms with van der Waals surface area (Å²) < 4.78 is 30.7. The monoisotopic (exact) mass is 213 g/mol. The largest absolute Gasteiger partial charge is 0.494 e. The van der Waals surface area contributed by atoms with Crippen LogP contribution in [0.2, 0.25) is 0 Å². The fraction of sp³-hybridized carbons (Fsp3) is 0.273. The zero-order valence-electron chi connectivity index (χ0n) is 8.47. The molecule has 0 fully saturated rings. The molecule has 2 N–H and O–H groups in total. The second kappa shape index (κ2) is 5.46. The van der Waals surface area contributed by atoms with Gasteiger partial charge in [-0.05, 0) is 30.7 Å². The van der Waals surface area contributed by atoms with Crippen molar-refractivity contribution in [3.05, 3.63) is 35.4 Å². The van der Waals surface area contributed by atoms with Crippen molar-refractivity contribution in [1.82, 2.24) is 0 Å². The summed E-state index contributed by atoms with van der Waals surface area (Å²) in [6.45, 7) is 0.525. The van der Waals surface area contributed by atoms with Crippen LogP contribution in [0.3, 0.4) is 0 Å². The normalized spacial score (nSPS) is 10.9. The van der Waals surface area contributed by atoms with Crippen molar-refractivity contribution in [2.24, 2.45) is 5.73 Å². The molecule has 0 atom stereocenters. The van der Waals surface area contributed by atoms with Crippen LogP contribution in [0.25, 0.3) is 6.08 Å². The lowest BCUT2D eigenvalue weighted by atomic mass is 10.1. The minimum Gasteiger partial charge on any atom is -0.494 e. The van der Waals surface area contributed by atoms with Gasteiger partial charge in [0.25, 0.3) is 0 Å². The maximum absolute atomic E-state index is 13.0. The van der Waals surface area contributed by atoms with Crippen molar-refractivity contribution in [3.8, 4) is 5.75 Å². The summed E-state index contributed by atoms with van der Waals surface area (Å²) in [4.78, 5) is 0. The van der Waals surface area contributed by atoms with Gasteiger partial charge in [0, 0.05) is 0 Å². The van der Waals surface area contributed by atoms with E-state index in [2.05, 4.69) is 0 Å². The van der Waals surface area contributed by atoms with Crippen LogP contribution in [0.4, 0.5) is 8.78 Å². The SMILES string of the molecule is COc1cc(C=CCCN)cc(F)c1F. The standard InChI is InChI=1S/C11H13F2NO/c1-15-10-7-8(4-2-3-5-14)6-9(12)11(10)13/h2,4,6-7H,3,5,14H2,1H3. The maximum atomic E-state index is 13.0. The van der Waals surface area contributed by atoms with Crippen molar-refractivity contribution < 1.29 is 13.5 Å². The highest BCUT2D eigenvalue weighted by Gasteiger charge is 2.09. The van der Waals surface area contributed by atoms with Gasteiger partial charge < -0.3 is 10.5 Å². The summed E-state index contributed by atoms with van der Waals surface area (Å²) in [6, 6.07) is 2.55.